The van der Waals surface area contributed by atoms with E-state index in [1.807, 2.05) is 6.20 Å². The third-order valence-corrected chi connectivity index (χ3v) is 2.91. The lowest BCUT2D eigenvalue weighted by molar-refractivity contribution is 0.0336. The number of pyridine rings is 1. The van der Waals surface area contributed by atoms with Gasteiger partial charge in [0.15, 0.2) is 0 Å². The van der Waals surface area contributed by atoms with Gasteiger partial charge in [-0.3, -0.25) is 9.88 Å². The highest BCUT2D eigenvalue weighted by atomic mass is 16.5. The number of aromatic nitrogens is 1. The second-order valence-corrected chi connectivity index (χ2v) is 4.29. The van der Waals surface area contributed by atoms with E-state index in [0.29, 0.717) is 0 Å². The van der Waals surface area contributed by atoms with E-state index in [1.165, 1.54) is 17.7 Å². The molecular formula is C13H20N2O. The summed E-state index contributed by atoms with van der Waals surface area (Å²) in [6.45, 7) is 6.94. The third-order valence-electron chi connectivity index (χ3n) is 2.91. The van der Waals surface area contributed by atoms with Crippen LogP contribution in [0.15, 0.2) is 18.3 Å². The zero-order valence-corrected chi connectivity index (χ0v) is 9.98. The minimum Gasteiger partial charge on any atom is -0.379 e. The van der Waals surface area contributed by atoms with Crippen LogP contribution >= 0.6 is 0 Å². The molecule has 0 atom stereocenters. The van der Waals surface area contributed by atoms with Crippen LogP contribution in [0.1, 0.15) is 24.6 Å². The molecule has 88 valence electrons. The van der Waals surface area contributed by atoms with Gasteiger partial charge in [0, 0.05) is 25.8 Å². The Balaban J connectivity index is 1.94. The van der Waals surface area contributed by atoms with Crippen molar-refractivity contribution in [1.29, 1.82) is 0 Å². The normalized spacial score (nSPS) is 17.6. The maximum absolute atomic E-state index is 5.34. The van der Waals surface area contributed by atoms with Gasteiger partial charge in [-0.1, -0.05) is 13.3 Å². The lowest BCUT2D eigenvalue weighted by Crippen LogP contribution is -2.35. The van der Waals surface area contributed by atoms with Crippen molar-refractivity contribution >= 4 is 0 Å². The Kier molecular flexibility index (Phi) is 4.31. The van der Waals surface area contributed by atoms with E-state index in [9.17, 15) is 0 Å². The third kappa shape index (κ3) is 3.29. The van der Waals surface area contributed by atoms with Gasteiger partial charge in [-0.15, -0.1) is 0 Å². The molecule has 16 heavy (non-hydrogen) atoms. The molecule has 0 aromatic carbocycles. The predicted molar refractivity (Wildman–Crippen MR) is 64.3 cm³/mol. The Morgan fingerprint density at radius 2 is 2.19 bits per heavy atom. The molecule has 1 saturated heterocycles. The molecule has 3 heteroatoms. The van der Waals surface area contributed by atoms with Crippen LogP contribution < -0.4 is 0 Å². The van der Waals surface area contributed by atoms with Crippen molar-refractivity contribution in [2.75, 3.05) is 26.3 Å². The molecule has 1 aliphatic heterocycles. The van der Waals surface area contributed by atoms with Crippen LogP contribution in [0.25, 0.3) is 0 Å². The lowest BCUT2D eigenvalue weighted by Gasteiger charge is -2.26. The Hall–Kier alpha value is -0.930. The van der Waals surface area contributed by atoms with Gasteiger partial charge in [-0.05, 0) is 24.1 Å². The average molecular weight is 220 g/mol. The van der Waals surface area contributed by atoms with Crippen molar-refractivity contribution in [2.45, 2.75) is 26.3 Å². The second-order valence-electron chi connectivity index (χ2n) is 4.29. The fraction of sp³-hybridized carbons (Fsp3) is 0.615. The first-order chi connectivity index (χ1) is 7.88. The van der Waals surface area contributed by atoms with Gasteiger partial charge in [0.1, 0.15) is 0 Å². The minimum atomic E-state index is 0.856. The maximum atomic E-state index is 5.34. The first-order valence-electron chi connectivity index (χ1n) is 6.12. The SMILES string of the molecule is CCCc1ccnc(CN2CCOCC2)c1. The summed E-state index contributed by atoms with van der Waals surface area (Å²) in [5, 5.41) is 0. The van der Waals surface area contributed by atoms with Crippen molar-refractivity contribution < 1.29 is 4.74 Å². The number of rotatable bonds is 4. The van der Waals surface area contributed by atoms with Crippen molar-refractivity contribution in [3.05, 3.63) is 29.6 Å². The molecule has 3 nitrogen and oxygen atoms in total. The molecule has 0 radical (unpaired) electrons. The van der Waals surface area contributed by atoms with E-state index in [4.69, 9.17) is 4.74 Å². The molecule has 2 rings (SSSR count). The summed E-state index contributed by atoms with van der Waals surface area (Å²) in [5.41, 5.74) is 2.59. The molecule has 0 N–H and O–H groups in total. The summed E-state index contributed by atoms with van der Waals surface area (Å²) in [4.78, 5) is 6.84. The fourth-order valence-electron chi connectivity index (χ4n) is 2.05. The molecule has 0 aliphatic carbocycles. The quantitative estimate of drug-likeness (QED) is 0.774. The summed E-state index contributed by atoms with van der Waals surface area (Å²) in [6.07, 6.45) is 4.28. The van der Waals surface area contributed by atoms with Gasteiger partial charge in [0.05, 0.1) is 18.9 Å². The Morgan fingerprint density at radius 1 is 1.38 bits per heavy atom. The van der Waals surface area contributed by atoms with Crippen LogP contribution in [-0.2, 0) is 17.7 Å². The van der Waals surface area contributed by atoms with Crippen LogP contribution in [-0.4, -0.2) is 36.2 Å². The minimum absolute atomic E-state index is 0.856. The fourth-order valence-corrected chi connectivity index (χ4v) is 2.05. The number of nitrogens with zero attached hydrogens (tertiary/aromatic N) is 2. The van der Waals surface area contributed by atoms with Crippen LogP contribution in [0.3, 0.4) is 0 Å². The molecule has 1 fully saturated rings. The highest BCUT2D eigenvalue weighted by Gasteiger charge is 2.11. The molecule has 0 amide bonds. The van der Waals surface area contributed by atoms with Crippen molar-refractivity contribution in [1.82, 2.24) is 9.88 Å². The Bertz CT molecular complexity index is 321. The highest BCUT2D eigenvalue weighted by molar-refractivity contribution is 5.16. The van der Waals surface area contributed by atoms with E-state index in [1.54, 1.807) is 0 Å². The van der Waals surface area contributed by atoms with Crippen LogP contribution in [0.4, 0.5) is 0 Å². The number of hydrogen-bond donors (Lipinski definition) is 0. The van der Waals surface area contributed by atoms with Crippen LogP contribution in [0.2, 0.25) is 0 Å². The molecule has 1 aromatic heterocycles. The first kappa shape index (κ1) is 11.6. The van der Waals surface area contributed by atoms with Gasteiger partial charge in [-0.25, -0.2) is 0 Å². The predicted octanol–water partition coefficient (Wildman–Crippen LogP) is 1.87. The number of hydrogen-bond acceptors (Lipinski definition) is 3. The topological polar surface area (TPSA) is 25.4 Å². The van der Waals surface area contributed by atoms with Gasteiger partial charge in [0.25, 0.3) is 0 Å². The summed E-state index contributed by atoms with van der Waals surface area (Å²) >= 11 is 0. The smallest absolute Gasteiger partial charge is 0.0594 e. The number of ether oxygens (including phenoxy) is 1. The molecule has 1 aromatic rings. The van der Waals surface area contributed by atoms with E-state index in [-0.39, 0.29) is 0 Å². The second kappa shape index (κ2) is 5.97. The monoisotopic (exact) mass is 220 g/mol. The maximum Gasteiger partial charge on any atom is 0.0594 e. The van der Waals surface area contributed by atoms with Crippen molar-refractivity contribution in [2.24, 2.45) is 0 Å². The molecule has 0 bridgehead atoms. The summed E-state index contributed by atoms with van der Waals surface area (Å²) in [7, 11) is 0. The van der Waals surface area contributed by atoms with Gasteiger partial charge >= 0.3 is 0 Å². The number of morpholine rings is 1. The summed E-state index contributed by atoms with van der Waals surface area (Å²) in [5.74, 6) is 0. The Morgan fingerprint density at radius 3 is 2.94 bits per heavy atom. The van der Waals surface area contributed by atoms with Crippen LogP contribution in [0.5, 0.6) is 0 Å². The van der Waals surface area contributed by atoms with E-state index in [0.717, 1.165) is 39.3 Å². The lowest BCUT2D eigenvalue weighted by atomic mass is 10.1. The van der Waals surface area contributed by atoms with Crippen molar-refractivity contribution in [3.63, 3.8) is 0 Å². The van der Waals surface area contributed by atoms with E-state index >= 15 is 0 Å². The summed E-state index contributed by atoms with van der Waals surface area (Å²) in [6, 6.07) is 4.35. The zero-order valence-electron chi connectivity index (χ0n) is 9.98. The largest absolute Gasteiger partial charge is 0.379 e. The Labute approximate surface area is 97.4 Å². The highest BCUT2D eigenvalue weighted by Crippen LogP contribution is 2.08. The molecule has 0 spiro atoms. The molecule has 1 aliphatic rings. The zero-order chi connectivity index (χ0) is 11.2. The number of aryl methyl sites for hydroxylation is 1. The van der Waals surface area contributed by atoms with Gasteiger partial charge < -0.3 is 4.74 Å². The first-order valence-corrected chi connectivity index (χ1v) is 6.12. The van der Waals surface area contributed by atoms with Gasteiger partial charge in [-0.2, -0.15) is 0 Å². The van der Waals surface area contributed by atoms with Crippen molar-refractivity contribution in [3.8, 4) is 0 Å². The standard InChI is InChI=1S/C13H20N2O/c1-2-3-12-4-5-14-13(10-12)11-15-6-8-16-9-7-15/h4-5,10H,2-3,6-9,11H2,1H3. The molecule has 0 unspecified atom stereocenters. The van der Waals surface area contributed by atoms with E-state index < -0.39 is 0 Å². The summed E-state index contributed by atoms with van der Waals surface area (Å²) < 4.78 is 5.34. The molecule has 2 heterocycles. The average Bonchev–Trinajstić information content (AvgIpc) is 2.31. The van der Waals surface area contributed by atoms with E-state index in [2.05, 4.69) is 28.9 Å². The van der Waals surface area contributed by atoms with Gasteiger partial charge in [0.2, 0.25) is 0 Å². The molecular weight excluding hydrogens is 200 g/mol. The molecule has 0 saturated carbocycles. The van der Waals surface area contributed by atoms with Crippen LogP contribution in [0, 0.1) is 0 Å².